The van der Waals surface area contributed by atoms with Crippen LogP contribution in [0.3, 0.4) is 0 Å². The second-order valence-corrected chi connectivity index (χ2v) is 3.95. The molecule has 1 heterocycles. The van der Waals surface area contributed by atoms with Crippen LogP contribution >= 0.6 is 0 Å². The lowest BCUT2D eigenvalue weighted by atomic mass is 10.0. The summed E-state index contributed by atoms with van der Waals surface area (Å²) in [6.07, 6.45) is 3.02. The van der Waals surface area contributed by atoms with Gasteiger partial charge in [-0.3, -0.25) is 0 Å². The number of halogens is 1. The average Bonchev–Trinajstić information content (AvgIpc) is 2.77. The molecule has 1 N–H and O–H groups in total. The predicted molar refractivity (Wildman–Crippen MR) is 62.9 cm³/mol. The molecule has 0 amide bonds. The van der Waals surface area contributed by atoms with Crippen molar-refractivity contribution < 1.29 is 18.8 Å². The van der Waals surface area contributed by atoms with Gasteiger partial charge in [-0.05, 0) is 30.2 Å². The van der Waals surface area contributed by atoms with Gasteiger partial charge in [-0.2, -0.15) is 0 Å². The second-order valence-electron chi connectivity index (χ2n) is 3.95. The van der Waals surface area contributed by atoms with Crippen molar-refractivity contribution in [2.75, 3.05) is 0 Å². The summed E-state index contributed by atoms with van der Waals surface area (Å²) in [5, 5.41) is 12.6. The summed E-state index contributed by atoms with van der Waals surface area (Å²) in [4.78, 5) is 10.9. The van der Waals surface area contributed by atoms with Crippen LogP contribution in [0.1, 0.15) is 29.5 Å². The Morgan fingerprint density at radius 1 is 1.44 bits per heavy atom. The van der Waals surface area contributed by atoms with Gasteiger partial charge >= 0.3 is 5.97 Å². The third-order valence-electron chi connectivity index (χ3n) is 2.58. The van der Waals surface area contributed by atoms with Gasteiger partial charge in [-0.25, -0.2) is 9.18 Å². The number of carbonyl (C=O) groups is 1. The minimum Gasteiger partial charge on any atom is -0.478 e. The van der Waals surface area contributed by atoms with Crippen molar-refractivity contribution in [2.24, 2.45) is 0 Å². The van der Waals surface area contributed by atoms with Gasteiger partial charge in [0.05, 0.1) is 11.8 Å². The molecule has 0 atom stereocenters. The van der Waals surface area contributed by atoms with Crippen molar-refractivity contribution in [1.82, 2.24) is 5.16 Å². The Balaban J connectivity index is 2.49. The lowest BCUT2D eigenvalue weighted by molar-refractivity contribution is 0.0696. The van der Waals surface area contributed by atoms with Gasteiger partial charge in [0.1, 0.15) is 11.6 Å². The molecule has 1 aromatic heterocycles. The van der Waals surface area contributed by atoms with E-state index in [9.17, 15) is 9.18 Å². The third kappa shape index (κ3) is 2.40. The zero-order valence-electron chi connectivity index (χ0n) is 9.81. The van der Waals surface area contributed by atoms with Crippen LogP contribution in [0.2, 0.25) is 0 Å². The lowest BCUT2D eigenvalue weighted by Gasteiger charge is -2.03. The summed E-state index contributed by atoms with van der Waals surface area (Å²) >= 11 is 0. The molecule has 0 radical (unpaired) electrons. The van der Waals surface area contributed by atoms with E-state index in [4.69, 9.17) is 9.63 Å². The molecular weight excluding hydrogens is 237 g/mol. The second kappa shape index (κ2) is 5.00. The number of aryl methyl sites for hydroxylation is 1. The Kier molecular flexibility index (Phi) is 3.41. The predicted octanol–water partition coefficient (Wildman–Crippen LogP) is 3.13. The molecule has 0 aliphatic heterocycles. The summed E-state index contributed by atoms with van der Waals surface area (Å²) < 4.78 is 18.5. The molecule has 0 aliphatic rings. The highest BCUT2D eigenvalue weighted by molar-refractivity contribution is 5.89. The first-order chi connectivity index (χ1) is 8.61. The molecule has 1 aromatic carbocycles. The summed E-state index contributed by atoms with van der Waals surface area (Å²) in [5.41, 5.74) is 1.02. The Morgan fingerprint density at radius 2 is 2.22 bits per heavy atom. The van der Waals surface area contributed by atoms with E-state index in [1.165, 1.54) is 18.3 Å². The Morgan fingerprint density at radius 3 is 2.89 bits per heavy atom. The minimum absolute atomic E-state index is 0.0892. The van der Waals surface area contributed by atoms with E-state index in [0.717, 1.165) is 12.5 Å². The fourth-order valence-corrected chi connectivity index (χ4v) is 1.78. The molecule has 18 heavy (non-hydrogen) atoms. The van der Waals surface area contributed by atoms with E-state index in [1.807, 2.05) is 6.92 Å². The molecule has 4 nitrogen and oxygen atoms in total. The molecule has 0 unspecified atom stereocenters. The number of carboxylic acids is 1. The number of benzene rings is 1. The van der Waals surface area contributed by atoms with Crippen LogP contribution in [0.5, 0.6) is 0 Å². The summed E-state index contributed by atoms with van der Waals surface area (Å²) in [6.45, 7) is 1.99. The molecular formula is C13H12FNO3. The Labute approximate surface area is 103 Å². The van der Waals surface area contributed by atoms with Crippen LogP contribution in [0.4, 0.5) is 4.39 Å². The van der Waals surface area contributed by atoms with Gasteiger partial charge in [0, 0.05) is 12.0 Å². The van der Waals surface area contributed by atoms with Crippen molar-refractivity contribution >= 4 is 5.97 Å². The quantitative estimate of drug-likeness (QED) is 0.904. The number of nitrogens with zero attached hydrogens (tertiary/aromatic N) is 1. The topological polar surface area (TPSA) is 63.3 Å². The maximum atomic E-state index is 13.4. The van der Waals surface area contributed by atoms with Gasteiger partial charge in [-0.15, -0.1) is 0 Å². The van der Waals surface area contributed by atoms with Crippen LogP contribution in [-0.2, 0) is 6.42 Å². The maximum Gasteiger partial charge on any atom is 0.335 e. The van der Waals surface area contributed by atoms with E-state index in [1.54, 1.807) is 0 Å². The normalized spacial score (nSPS) is 10.6. The number of aromatic carboxylic acids is 1. The number of hydrogen-bond donors (Lipinski definition) is 1. The van der Waals surface area contributed by atoms with Crippen molar-refractivity contribution in [2.45, 2.75) is 19.8 Å². The van der Waals surface area contributed by atoms with E-state index < -0.39 is 11.8 Å². The molecule has 0 fully saturated rings. The van der Waals surface area contributed by atoms with E-state index in [2.05, 4.69) is 5.16 Å². The fraction of sp³-hybridized carbons (Fsp3) is 0.231. The van der Waals surface area contributed by atoms with Crippen molar-refractivity contribution in [1.29, 1.82) is 0 Å². The van der Waals surface area contributed by atoms with Crippen LogP contribution < -0.4 is 0 Å². The van der Waals surface area contributed by atoms with E-state index in [0.29, 0.717) is 23.3 Å². The maximum absolute atomic E-state index is 13.4. The van der Waals surface area contributed by atoms with Gasteiger partial charge < -0.3 is 9.63 Å². The number of carboxylic acid groups (broad SMARTS) is 1. The molecule has 0 spiro atoms. The number of aromatic nitrogens is 1. The van der Waals surface area contributed by atoms with Crippen LogP contribution in [0.15, 0.2) is 28.9 Å². The highest BCUT2D eigenvalue weighted by Crippen LogP contribution is 2.26. The first-order valence-corrected chi connectivity index (χ1v) is 5.59. The monoisotopic (exact) mass is 249 g/mol. The fourth-order valence-electron chi connectivity index (χ4n) is 1.78. The Hall–Kier alpha value is -2.17. The van der Waals surface area contributed by atoms with Gasteiger partial charge in [0.25, 0.3) is 0 Å². The molecule has 0 saturated carbocycles. The Bertz CT molecular complexity index is 577. The van der Waals surface area contributed by atoms with Gasteiger partial charge in [0.2, 0.25) is 0 Å². The van der Waals surface area contributed by atoms with Crippen LogP contribution in [0.25, 0.3) is 11.1 Å². The van der Waals surface area contributed by atoms with Crippen molar-refractivity contribution in [3.63, 3.8) is 0 Å². The molecule has 0 aliphatic carbocycles. The third-order valence-corrected chi connectivity index (χ3v) is 2.58. The molecule has 94 valence electrons. The minimum atomic E-state index is -1.16. The van der Waals surface area contributed by atoms with Gasteiger partial charge in [-0.1, -0.05) is 12.1 Å². The summed E-state index contributed by atoms with van der Waals surface area (Å²) in [6, 6.07) is 3.67. The molecule has 0 saturated heterocycles. The number of rotatable bonds is 4. The van der Waals surface area contributed by atoms with Crippen molar-refractivity contribution in [3.05, 3.63) is 41.5 Å². The molecule has 0 bridgehead atoms. The first kappa shape index (κ1) is 12.3. The average molecular weight is 249 g/mol. The molecule has 5 heteroatoms. The largest absolute Gasteiger partial charge is 0.478 e. The molecule has 2 aromatic rings. The smallest absolute Gasteiger partial charge is 0.335 e. The zero-order chi connectivity index (χ0) is 13.1. The molecule has 2 rings (SSSR count). The number of hydrogen-bond acceptors (Lipinski definition) is 3. The summed E-state index contributed by atoms with van der Waals surface area (Å²) in [7, 11) is 0. The van der Waals surface area contributed by atoms with Gasteiger partial charge in [0.15, 0.2) is 0 Å². The van der Waals surface area contributed by atoms with E-state index >= 15 is 0 Å². The highest BCUT2D eigenvalue weighted by atomic mass is 19.1. The van der Waals surface area contributed by atoms with E-state index in [-0.39, 0.29) is 5.56 Å². The standard InChI is InChI=1S/C13H12FNO3/c1-2-3-12-11(7-15-18-12)8-4-9(13(16)17)6-10(14)5-8/h4-7H,2-3H2,1H3,(H,16,17). The van der Waals surface area contributed by atoms with Crippen LogP contribution in [0, 0.1) is 5.82 Å². The SMILES string of the molecule is CCCc1oncc1-c1cc(F)cc(C(=O)O)c1. The lowest BCUT2D eigenvalue weighted by Crippen LogP contribution is -1.98. The highest BCUT2D eigenvalue weighted by Gasteiger charge is 2.13. The van der Waals surface area contributed by atoms with Crippen molar-refractivity contribution in [3.8, 4) is 11.1 Å². The first-order valence-electron chi connectivity index (χ1n) is 5.59. The van der Waals surface area contributed by atoms with Crippen LogP contribution in [-0.4, -0.2) is 16.2 Å². The zero-order valence-corrected chi connectivity index (χ0v) is 9.81. The summed E-state index contributed by atoms with van der Waals surface area (Å²) in [5.74, 6) is -1.11.